The Hall–Kier alpha value is -0.620. The van der Waals surface area contributed by atoms with Gasteiger partial charge in [0.25, 0.3) is 0 Å². The third kappa shape index (κ3) is 0.518. The molecular formula is CH5N3. The van der Waals surface area contributed by atoms with E-state index in [1.165, 1.54) is 7.05 Å². The van der Waals surface area contributed by atoms with E-state index in [2.05, 4.69) is 5.73 Å². The first-order valence-corrected chi connectivity index (χ1v) is 0.777. The molecule has 0 rings (SSSR count). The molecule has 0 saturated carbocycles. The molecule has 0 atom stereocenters. The van der Waals surface area contributed by atoms with Gasteiger partial charge in [-0.2, -0.15) is 0 Å². The minimum absolute atomic E-state index is 1.50. The fraction of sp³-hybridized carbons (Fsp3) is 1.00. The number of hydrogen-bond acceptors (Lipinski definition) is 3. The summed E-state index contributed by atoms with van der Waals surface area (Å²) in [5.41, 5.74) is 4.50. The maximum absolute atomic E-state index is 6.00. The fourth-order valence-corrected chi connectivity index (χ4v) is 0. The third-order valence-electron chi connectivity index (χ3n) is 0. The molecule has 2 N–H and O–H groups in total. The standard InChI is InChI=1S/CH5N.N2/c2*1-2/h2H2,1H3;. The SMILES string of the molecule is CN.N#N. The van der Waals surface area contributed by atoms with Gasteiger partial charge in [-0.05, 0) is 7.05 Å². The molecule has 0 aromatic rings. The molecule has 0 amide bonds. The summed E-state index contributed by atoms with van der Waals surface area (Å²) in [5, 5.41) is 12.0. The van der Waals surface area contributed by atoms with Crippen molar-refractivity contribution in [2.24, 2.45) is 5.73 Å². The van der Waals surface area contributed by atoms with E-state index in [1.54, 1.807) is 0 Å². The molecule has 0 unspecified atom stereocenters. The summed E-state index contributed by atoms with van der Waals surface area (Å²) in [5.74, 6) is 0. The van der Waals surface area contributed by atoms with Crippen LogP contribution >= 0.6 is 0 Å². The van der Waals surface area contributed by atoms with Gasteiger partial charge < -0.3 is 5.73 Å². The first-order chi connectivity index (χ1) is 2.00. The van der Waals surface area contributed by atoms with Crippen molar-refractivity contribution in [3.63, 3.8) is 0 Å². The highest BCUT2D eigenvalue weighted by molar-refractivity contribution is 3.54. The van der Waals surface area contributed by atoms with Crippen LogP contribution in [0.3, 0.4) is 0 Å². The van der Waals surface area contributed by atoms with Crippen LogP contribution in [0, 0.1) is 10.8 Å². The second-order valence-corrected chi connectivity index (χ2v) is 0. The highest BCUT2D eigenvalue weighted by Gasteiger charge is 0.836. The summed E-state index contributed by atoms with van der Waals surface area (Å²) in [6.07, 6.45) is 0. The molecule has 3 heteroatoms. The molecule has 0 saturated heterocycles. The average Bonchev–Trinajstić information content (AvgIpc) is 1.50. The molecule has 3 nitrogen and oxygen atoms in total. The van der Waals surface area contributed by atoms with Crippen LogP contribution in [0.15, 0.2) is 0 Å². The first kappa shape index (κ1) is 10.1. The molecule has 0 aliphatic heterocycles. The molecule has 0 aliphatic rings. The summed E-state index contributed by atoms with van der Waals surface area (Å²) < 4.78 is 0. The fourth-order valence-electron chi connectivity index (χ4n) is 0. The summed E-state index contributed by atoms with van der Waals surface area (Å²) in [6, 6.07) is 0. The van der Waals surface area contributed by atoms with Crippen molar-refractivity contribution in [2.45, 2.75) is 0 Å². The van der Waals surface area contributed by atoms with E-state index in [1.807, 2.05) is 0 Å². The zero-order valence-electron chi connectivity index (χ0n) is 2.47. The monoisotopic (exact) mass is 59.0 g/mol. The molecule has 24 valence electrons. The van der Waals surface area contributed by atoms with Crippen LogP contribution in [-0.4, -0.2) is 7.05 Å². The molecular weight excluding hydrogens is 54.0 g/mol. The lowest BCUT2D eigenvalue weighted by molar-refractivity contribution is 1.15. The number of hydrogen-bond donors (Lipinski definition) is 1. The van der Waals surface area contributed by atoms with Gasteiger partial charge in [0.1, 0.15) is 0 Å². The molecule has 0 fully saturated rings. The van der Waals surface area contributed by atoms with E-state index in [0.717, 1.165) is 0 Å². The second kappa shape index (κ2) is 11.8. The minimum Gasteiger partial charge on any atom is -0.333 e. The van der Waals surface area contributed by atoms with E-state index >= 15 is 0 Å². The van der Waals surface area contributed by atoms with Gasteiger partial charge >= 0.3 is 0 Å². The lowest BCUT2D eigenvalue weighted by Gasteiger charge is -1.19. The Balaban J connectivity index is 0. The van der Waals surface area contributed by atoms with E-state index in [-0.39, 0.29) is 0 Å². The van der Waals surface area contributed by atoms with Gasteiger partial charge in [-0.3, -0.25) is 0 Å². The van der Waals surface area contributed by atoms with Crippen LogP contribution in [-0.2, 0) is 0 Å². The highest BCUT2D eigenvalue weighted by atomic mass is 14.6. The third-order valence-corrected chi connectivity index (χ3v) is 0. The average molecular weight is 59.1 g/mol. The van der Waals surface area contributed by atoms with Crippen LogP contribution in [0.1, 0.15) is 0 Å². The lowest BCUT2D eigenvalue weighted by atomic mass is 11.6. The van der Waals surface area contributed by atoms with Crippen LogP contribution in [0.4, 0.5) is 0 Å². The second-order valence-electron chi connectivity index (χ2n) is 0. The molecule has 0 aromatic carbocycles. The molecule has 0 aliphatic carbocycles. The quantitative estimate of drug-likeness (QED) is 0.386. The summed E-state index contributed by atoms with van der Waals surface area (Å²) >= 11 is 0. The topological polar surface area (TPSA) is 73.6 Å². The van der Waals surface area contributed by atoms with Crippen molar-refractivity contribution < 1.29 is 0 Å². The molecule has 0 spiro atoms. The Labute approximate surface area is 24.8 Å². The van der Waals surface area contributed by atoms with E-state index in [0.29, 0.717) is 0 Å². The first-order valence-electron chi connectivity index (χ1n) is 0.777. The number of rotatable bonds is 0. The van der Waals surface area contributed by atoms with Crippen molar-refractivity contribution >= 4 is 0 Å². The molecule has 0 bridgehead atoms. The number of nitrogens with two attached hydrogens (primary N) is 1. The molecule has 0 heterocycles. The lowest BCUT2D eigenvalue weighted by Crippen LogP contribution is -1.69. The van der Waals surface area contributed by atoms with Crippen LogP contribution in [0.25, 0.3) is 0 Å². The summed E-state index contributed by atoms with van der Waals surface area (Å²) in [7, 11) is 1.50. The maximum Gasteiger partial charge on any atom is 0 e. The van der Waals surface area contributed by atoms with Crippen molar-refractivity contribution in [3.05, 3.63) is 0 Å². The predicted molar refractivity (Wildman–Crippen MR) is 13.6 cm³/mol. The van der Waals surface area contributed by atoms with Crippen molar-refractivity contribution in [1.82, 2.24) is 0 Å². The Morgan fingerprint density at radius 1 is 1.25 bits per heavy atom. The van der Waals surface area contributed by atoms with E-state index in [4.69, 9.17) is 10.8 Å². The zero-order valence-corrected chi connectivity index (χ0v) is 2.47. The Morgan fingerprint density at radius 3 is 1.25 bits per heavy atom. The highest BCUT2D eigenvalue weighted by Crippen LogP contribution is 0.592. The van der Waals surface area contributed by atoms with Crippen molar-refractivity contribution in [2.75, 3.05) is 7.05 Å². The van der Waals surface area contributed by atoms with Crippen LogP contribution < -0.4 is 5.73 Å². The van der Waals surface area contributed by atoms with E-state index < -0.39 is 0 Å². The van der Waals surface area contributed by atoms with Crippen molar-refractivity contribution in [1.29, 1.82) is 10.8 Å². The van der Waals surface area contributed by atoms with Gasteiger partial charge in [-0.25, -0.2) is 0 Å². The van der Waals surface area contributed by atoms with Gasteiger partial charge in [0.05, 0.1) is 0 Å². The molecule has 0 radical (unpaired) electrons. The summed E-state index contributed by atoms with van der Waals surface area (Å²) in [4.78, 5) is 0. The smallest absolute Gasteiger partial charge is 0 e. The summed E-state index contributed by atoms with van der Waals surface area (Å²) in [6.45, 7) is 0. The molecule has 0 aromatic heterocycles. The Bertz CT molecular complexity index is 8.00. The largest absolute Gasteiger partial charge is 0.333 e. The zero-order chi connectivity index (χ0) is 4.00. The van der Waals surface area contributed by atoms with Crippen molar-refractivity contribution in [3.8, 4) is 0 Å². The van der Waals surface area contributed by atoms with Crippen LogP contribution in [0.2, 0.25) is 0 Å². The number of nitrogens with zero attached hydrogens (tertiary/aromatic N) is 2. The van der Waals surface area contributed by atoms with Gasteiger partial charge in [0.15, 0.2) is 0 Å². The van der Waals surface area contributed by atoms with Gasteiger partial charge in [0.2, 0.25) is 0 Å². The van der Waals surface area contributed by atoms with Gasteiger partial charge in [-0.15, -0.1) is 0 Å². The minimum atomic E-state index is 1.50. The molecule has 4 heavy (non-hydrogen) atoms. The van der Waals surface area contributed by atoms with Gasteiger partial charge in [-0.1, -0.05) is 0 Å². The predicted octanol–water partition coefficient (Wildman–Crippen LogP) is -0.395. The van der Waals surface area contributed by atoms with Crippen LogP contribution in [0.5, 0.6) is 0 Å². The van der Waals surface area contributed by atoms with Gasteiger partial charge in [0, 0.05) is 10.8 Å². The normalized spacial score (nSPS) is 2.00. The Kier molecular flexibility index (Phi) is 29.6. The van der Waals surface area contributed by atoms with E-state index in [9.17, 15) is 0 Å². The maximum atomic E-state index is 6.00. The Morgan fingerprint density at radius 2 is 1.25 bits per heavy atom.